The van der Waals surface area contributed by atoms with Crippen molar-refractivity contribution in [3.05, 3.63) is 34.8 Å². The maximum absolute atomic E-state index is 13.1. The molecule has 2 aromatic rings. The van der Waals surface area contributed by atoms with E-state index in [1.807, 2.05) is 38.1 Å². The zero-order valence-electron chi connectivity index (χ0n) is 19.0. The Bertz CT molecular complexity index is 1000. The molecule has 4 rings (SSSR count). The highest BCUT2D eigenvalue weighted by Gasteiger charge is 2.38. The van der Waals surface area contributed by atoms with Crippen LogP contribution in [0.5, 0.6) is 0 Å². The molecule has 0 spiro atoms. The van der Waals surface area contributed by atoms with Crippen molar-refractivity contribution in [3.63, 3.8) is 0 Å². The summed E-state index contributed by atoms with van der Waals surface area (Å²) in [6.07, 6.45) is 1.41. The number of nitrogens with one attached hydrogen (secondary N) is 1. The lowest BCUT2D eigenvalue weighted by molar-refractivity contribution is -0.138. The number of anilines is 2. The summed E-state index contributed by atoms with van der Waals surface area (Å²) in [5, 5.41) is 12.0. The third-order valence-corrected chi connectivity index (χ3v) is 6.94. The van der Waals surface area contributed by atoms with Gasteiger partial charge in [0, 0.05) is 44.3 Å². The molecule has 0 unspecified atom stereocenters. The van der Waals surface area contributed by atoms with E-state index in [0.29, 0.717) is 50.8 Å². The molecule has 0 aliphatic carbocycles. The largest absolute Gasteiger partial charge is 0.374 e. The molecule has 1 aromatic heterocycles. The van der Waals surface area contributed by atoms with Gasteiger partial charge in [-0.1, -0.05) is 29.0 Å². The van der Waals surface area contributed by atoms with Crippen LogP contribution in [0.15, 0.2) is 24.3 Å². The maximum atomic E-state index is 13.1. The highest BCUT2D eigenvalue weighted by molar-refractivity contribution is 7.15. The molecular weight excluding hydrogens is 442 g/mol. The van der Waals surface area contributed by atoms with E-state index >= 15 is 0 Å². The quantitative estimate of drug-likeness (QED) is 0.666. The molecule has 0 bridgehead atoms. The van der Waals surface area contributed by atoms with Crippen molar-refractivity contribution >= 4 is 39.9 Å². The molecule has 3 amide bonds. The third-order valence-electron chi connectivity index (χ3n) is 6.12. The molecule has 9 nitrogen and oxygen atoms in total. The van der Waals surface area contributed by atoms with E-state index in [1.165, 1.54) is 11.3 Å². The number of amides is 3. The van der Waals surface area contributed by atoms with Crippen LogP contribution in [0.2, 0.25) is 0 Å². The summed E-state index contributed by atoms with van der Waals surface area (Å²) in [5.41, 5.74) is 1.96. The van der Waals surface area contributed by atoms with Gasteiger partial charge < -0.3 is 19.9 Å². The molecule has 2 saturated heterocycles. The Morgan fingerprint density at radius 3 is 2.58 bits per heavy atom. The first kappa shape index (κ1) is 23.3. The topological polar surface area (TPSA) is 105 Å². The van der Waals surface area contributed by atoms with Crippen molar-refractivity contribution in [1.82, 2.24) is 15.1 Å². The second-order valence-corrected chi connectivity index (χ2v) is 9.53. The van der Waals surface area contributed by atoms with Gasteiger partial charge in [-0.15, -0.1) is 10.2 Å². The predicted molar refractivity (Wildman–Crippen MR) is 125 cm³/mol. The lowest BCUT2D eigenvalue weighted by Gasteiger charge is -2.32. The Kier molecular flexibility index (Phi) is 7.34. The summed E-state index contributed by atoms with van der Waals surface area (Å²) >= 11 is 1.31. The van der Waals surface area contributed by atoms with Crippen molar-refractivity contribution < 1.29 is 19.1 Å². The number of rotatable bonds is 7. The number of carbonyl (C=O) groups is 3. The van der Waals surface area contributed by atoms with Gasteiger partial charge in [-0.3, -0.25) is 14.4 Å². The molecule has 1 N–H and O–H groups in total. The summed E-state index contributed by atoms with van der Waals surface area (Å²) in [6, 6.07) is 7.77. The molecular formula is C23H29N5O4S. The van der Waals surface area contributed by atoms with E-state index < -0.39 is 0 Å². The van der Waals surface area contributed by atoms with Crippen LogP contribution in [-0.2, 0) is 25.7 Å². The van der Waals surface area contributed by atoms with Gasteiger partial charge in [-0.05, 0) is 38.8 Å². The summed E-state index contributed by atoms with van der Waals surface area (Å²) in [6.45, 7) is 6.32. The zero-order chi connectivity index (χ0) is 23.4. The first-order chi connectivity index (χ1) is 15.9. The molecule has 1 aromatic carbocycles. The minimum absolute atomic E-state index is 0.00140. The van der Waals surface area contributed by atoms with E-state index in [4.69, 9.17) is 4.74 Å². The Morgan fingerprint density at radius 2 is 1.88 bits per heavy atom. The number of aryl methyl sites for hydroxylation is 1. The van der Waals surface area contributed by atoms with E-state index in [0.717, 1.165) is 16.3 Å². The van der Waals surface area contributed by atoms with E-state index in [-0.39, 0.29) is 36.0 Å². The number of benzene rings is 1. The molecule has 2 aliphatic rings. The molecule has 2 aliphatic heterocycles. The molecule has 1 atom stereocenters. The zero-order valence-corrected chi connectivity index (χ0v) is 19.8. The lowest BCUT2D eigenvalue weighted by Crippen LogP contribution is -2.44. The molecule has 2 fully saturated rings. The fourth-order valence-electron chi connectivity index (χ4n) is 4.23. The normalized spacial score (nSPS) is 19.2. The molecule has 3 heterocycles. The minimum Gasteiger partial charge on any atom is -0.374 e. The van der Waals surface area contributed by atoms with Crippen LogP contribution in [0, 0.1) is 18.8 Å². The van der Waals surface area contributed by atoms with Gasteiger partial charge in [0.1, 0.15) is 11.6 Å². The Morgan fingerprint density at radius 1 is 1.15 bits per heavy atom. The highest BCUT2D eigenvalue weighted by Crippen LogP contribution is 2.28. The number of ether oxygens (including phenoxy) is 1. The molecule has 0 radical (unpaired) electrons. The Hall–Kier alpha value is -2.85. The number of aromatic nitrogens is 2. The van der Waals surface area contributed by atoms with E-state index in [9.17, 15) is 14.4 Å². The van der Waals surface area contributed by atoms with Crippen molar-refractivity contribution in [1.29, 1.82) is 0 Å². The second-order valence-electron chi connectivity index (χ2n) is 8.47. The number of carbonyl (C=O) groups excluding carboxylic acids is 3. The molecule has 10 heteroatoms. The van der Waals surface area contributed by atoms with Gasteiger partial charge in [0.05, 0.1) is 5.92 Å². The summed E-state index contributed by atoms with van der Waals surface area (Å²) in [7, 11) is 0. The van der Waals surface area contributed by atoms with Crippen molar-refractivity contribution in [3.8, 4) is 0 Å². The fourth-order valence-corrected chi connectivity index (χ4v) is 4.91. The Labute approximate surface area is 197 Å². The van der Waals surface area contributed by atoms with E-state index in [1.54, 1.807) is 9.80 Å². The molecule has 176 valence electrons. The Balaban J connectivity index is 1.26. The lowest BCUT2D eigenvalue weighted by atomic mass is 9.94. The van der Waals surface area contributed by atoms with Crippen molar-refractivity contribution in [2.45, 2.75) is 39.7 Å². The van der Waals surface area contributed by atoms with Crippen LogP contribution < -0.4 is 10.2 Å². The smallest absolute Gasteiger partial charge is 0.229 e. The van der Waals surface area contributed by atoms with Crippen molar-refractivity contribution in [2.24, 2.45) is 11.8 Å². The number of likely N-dealkylation sites (tertiary alicyclic amines) is 1. The van der Waals surface area contributed by atoms with E-state index in [2.05, 4.69) is 15.5 Å². The third kappa shape index (κ3) is 5.56. The van der Waals surface area contributed by atoms with Gasteiger partial charge in [0.25, 0.3) is 0 Å². The minimum atomic E-state index is -0.339. The van der Waals surface area contributed by atoms with Gasteiger partial charge in [0.15, 0.2) is 0 Å². The highest BCUT2D eigenvalue weighted by atomic mass is 32.1. The second kappa shape index (κ2) is 10.4. The monoisotopic (exact) mass is 471 g/mol. The fraction of sp³-hybridized carbons (Fsp3) is 0.522. The standard InChI is InChI=1S/C23H29N5O4S/c1-3-32-14-19-25-26-23(33-19)24-21(30)16-8-10-27(11-9-16)22(31)17-12-20(29)28(13-17)18-6-4-15(2)5-7-18/h4-7,16-17H,3,8-14H2,1-2H3,(H,24,26,30)/t17-/m1/s1. The first-order valence-electron chi connectivity index (χ1n) is 11.3. The number of piperidine rings is 1. The first-order valence-corrected chi connectivity index (χ1v) is 12.1. The van der Waals surface area contributed by atoms with Crippen LogP contribution in [-0.4, -0.2) is 59.1 Å². The van der Waals surface area contributed by atoms with Crippen LogP contribution >= 0.6 is 11.3 Å². The van der Waals surface area contributed by atoms with Gasteiger partial charge in [0.2, 0.25) is 22.9 Å². The van der Waals surface area contributed by atoms with Gasteiger partial charge in [-0.2, -0.15) is 0 Å². The number of nitrogens with zero attached hydrogens (tertiary/aromatic N) is 4. The summed E-state index contributed by atoms with van der Waals surface area (Å²) in [5.74, 6) is -0.631. The van der Waals surface area contributed by atoms with Crippen LogP contribution in [0.25, 0.3) is 0 Å². The van der Waals surface area contributed by atoms with Crippen LogP contribution in [0.4, 0.5) is 10.8 Å². The predicted octanol–water partition coefficient (Wildman–Crippen LogP) is 2.61. The van der Waals surface area contributed by atoms with Crippen molar-refractivity contribution in [2.75, 3.05) is 36.5 Å². The van der Waals surface area contributed by atoms with Crippen LogP contribution in [0.3, 0.4) is 0 Å². The van der Waals surface area contributed by atoms with Gasteiger partial charge >= 0.3 is 0 Å². The number of hydrogen-bond donors (Lipinski definition) is 1. The molecule has 0 saturated carbocycles. The molecule has 33 heavy (non-hydrogen) atoms. The summed E-state index contributed by atoms with van der Waals surface area (Å²) in [4.78, 5) is 41.7. The number of hydrogen-bond acceptors (Lipinski definition) is 7. The summed E-state index contributed by atoms with van der Waals surface area (Å²) < 4.78 is 5.31. The SMILES string of the molecule is CCOCc1nnc(NC(=O)C2CCN(C(=O)[C@@H]3CC(=O)N(c4ccc(C)cc4)C3)CC2)s1. The van der Waals surface area contributed by atoms with Gasteiger partial charge in [-0.25, -0.2) is 0 Å². The maximum Gasteiger partial charge on any atom is 0.229 e. The average molecular weight is 472 g/mol. The average Bonchev–Trinajstić information content (AvgIpc) is 3.44. The van der Waals surface area contributed by atoms with Crippen LogP contribution in [0.1, 0.15) is 36.8 Å².